The van der Waals surface area contributed by atoms with Crippen molar-refractivity contribution in [2.24, 2.45) is 0 Å². The van der Waals surface area contributed by atoms with E-state index in [0.29, 0.717) is 12.1 Å². The van der Waals surface area contributed by atoms with Gasteiger partial charge in [-0.25, -0.2) is 13.1 Å². The largest absolute Gasteiger partial charge is 0.388 e. The molecule has 0 saturated heterocycles. The van der Waals surface area contributed by atoms with Crippen LogP contribution in [0.1, 0.15) is 22.8 Å². The van der Waals surface area contributed by atoms with Crippen molar-refractivity contribution in [3.63, 3.8) is 0 Å². The van der Waals surface area contributed by atoms with Crippen LogP contribution in [0.5, 0.6) is 0 Å². The van der Waals surface area contributed by atoms with Crippen molar-refractivity contribution in [3.8, 4) is 0 Å². The molecule has 0 fully saturated rings. The van der Waals surface area contributed by atoms with Gasteiger partial charge >= 0.3 is 0 Å². The summed E-state index contributed by atoms with van der Waals surface area (Å²) < 4.78 is 25.2. The Kier molecular flexibility index (Phi) is 5.97. The van der Waals surface area contributed by atoms with E-state index in [4.69, 9.17) is 0 Å². The molecular weight excluding hydrogens is 278 g/mol. The first kappa shape index (κ1) is 16.5. The van der Waals surface area contributed by atoms with Gasteiger partial charge in [0.2, 0.25) is 10.0 Å². The lowest BCUT2D eigenvalue weighted by Gasteiger charge is -2.09. The van der Waals surface area contributed by atoms with E-state index in [1.807, 2.05) is 20.0 Å². The molecule has 0 unspecified atom stereocenters. The predicted octanol–water partition coefficient (Wildman–Crippen LogP) is 0.706. The van der Waals surface area contributed by atoms with E-state index in [1.165, 1.54) is 0 Å². The van der Waals surface area contributed by atoms with E-state index < -0.39 is 10.0 Å². The molecule has 6 nitrogen and oxygen atoms in total. The maximum Gasteiger partial charge on any atom is 0.251 e. The Bertz CT molecular complexity index is 570. The molecule has 0 aliphatic rings. The van der Waals surface area contributed by atoms with Crippen LogP contribution < -0.4 is 15.4 Å². The van der Waals surface area contributed by atoms with Crippen molar-refractivity contribution in [2.45, 2.75) is 13.8 Å². The molecule has 112 valence electrons. The molecule has 1 aromatic rings. The van der Waals surface area contributed by atoms with E-state index >= 15 is 0 Å². The number of carbonyl (C=O) groups excluding carboxylic acids is 1. The van der Waals surface area contributed by atoms with Gasteiger partial charge in [-0.05, 0) is 30.7 Å². The third kappa shape index (κ3) is 4.82. The molecule has 0 heterocycles. The molecule has 20 heavy (non-hydrogen) atoms. The standard InChI is InChI=1S/C13H21N3O3S/c1-4-16-20(18,19)8-7-15-13(17)11-5-6-12(14-3)10(2)9-11/h5-6,9,14,16H,4,7-8H2,1-3H3,(H,15,17). The first-order chi connectivity index (χ1) is 9.39. The summed E-state index contributed by atoms with van der Waals surface area (Å²) >= 11 is 0. The number of hydrogen-bond acceptors (Lipinski definition) is 4. The van der Waals surface area contributed by atoms with Gasteiger partial charge in [-0.15, -0.1) is 0 Å². The van der Waals surface area contributed by atoms with E-state index in [1.54, 1.807) is 19.1 Å². The van der Waals surface area contributed by atoms with Crippen LogP contribution in [0.15, 0.2) is 18.2 Å². The second-order valence-corrected chi connectivity index (χ2v) is 6.28. The van der Waals surface area contributed by atoms with Gasteiger partial charge in [-0.2, -0.15) is 0 Å². The quantitative estimate of drug-likeness (QED) is 0.692. The Morgan fingerprint density at radius 2 is 2.00 bits per heavy atom. The Morgan fingerprint density at radius 1 is 1.30 bits per heavy atom. The van der Waals surface area contributed by atoms with Crippen LogP contribution in [0, 0.1) is 6.92 Å². The van der Waals surface area contributed by atoms with Crippen LogP contribution in [0.3, 0.4) is 0 Å². The molecule has 0 atom stereocenters. The van der Waals surface area contributed by atoms with Crippen LogP contribution in [0.2, 0.25) is 0 Å². The van der Waals surface area contributed by atoms with Crippen LogP contribution in [-0.4, -0.2) is 40.2 Å². The summed E-state index contributed by atoms with van der Waals surface area (Å²) in [5.41, 5.74) is 2.43. The van der Waals surface area contributed by atoms with E-state index in [-0.39, 0.29) is 18.2 Å². The number of nitrogens with one attached hydrogen (secondary N) is 3. The van der Waals surface area contributed by atoms with Crippen molar-refractivity contribution >= 4 is 21.6 Å². The molecular formula is C13H21N3O3S. The van der Waals surface area contributed by atoms with Crippen molar-refractivity contribution < 1.29 is 13.2 Å². The third-order valence-electron chi connectivity index (χ3n) is 2.78. The van der Waals surface area contributed by atoms with Crippen LogP contribution in [0.4, 0.5) is 5.69 Å². The number of hydrogen-bond donors (Lipinski definition) is 3. The summed E-state index contributed by atoms with van der Waals surface area (Å²) in [6.45, 7) is 4.04. The lowest BCUT2D eigenvalue weighted by Crippen LogP contribution is -2.34. The van der Waals surface area contributed by atoms with Crippen LogP contribution >= 0.6 is 0 Å². The minimum atomic E-state index is -3.30. The van der Waals surface area contributed by atoms with Crippen LogP contribution in [0.25, 0.3) is 0 Å². The average molecular weight is 299 g/mol. The van der Waals surface area contributed by atoms with Crippen LogP contribution in [-0.2, 0) is 10.0 Å². The zero-order valence-corrected chi connectivity index (χ0v) is 12.8. The number of sulfonamides is 1. The van der Waals surface area contributed by atoms with Crippen molar-refractivity contribution in [2.75, 3.05) is 31.2 Å². The summed E-state index contributed by atoms with van der Waals surface area (Å²) in [6.07, 6.45) is 0. The van der Waals surface area contributed by atoms with Gasteiger partial charge in [-0.3, -0.25) is 4.79 Å². The van der Waals surface area contributed by atoms with Gasteiger partial charge in [0.1, 0.15) is 0 Å². The van der Waals surface area contributed by atoms with Gasteiger partial charge in [0.05, 0.1) is 5.75 Å². The molecule has 7 heteroatoms. The Hall–Kier alpha value is -1.60. The van der Waals surface area contributed by atoms with Gasteiger partial charge in [-0.1, -0.05) is 6.92 Å². The molecule has 0 aliphatic heterocycles. The third-order valence-corrected chi connectivity index (χ3v) is 4.25. The summed E-state index contributed by atoms with van der Waals surface area (Å²) in [4.78, 5) is 11.9. The highest BCUT2D eigenvalue weighted by Crippen LogP contribution is 2.15. The fourth-order valence-corrected chi connectivity index (χ4v) is 2.73. The minimum Gasteiger partial charge on any atom is -0.388 e. The first-order valence-corrected chi connectivity index (χ1v) is 8.08. The van der Waals surface area contributed by atoms with Crippen molar-refractivity contribution in [3.05, 3.63) is 29.3 Å². The molecule has 0 aromatic heterocycles. The zero-order chi connectivity index (χ0) is 15.2. The normalized spacial score (nSPS) is 11.2. The average Bonchev–Trinajstić information content (AvgIpc) is 2.38. The number of rotatable bonds is 7. The molecule has 1 aromatic carbocycles. The molecule has 1 rings (SSSR count). The number of benzene rings is 1. The molecule has 0 spiro atoms. The monoisotopic (exact) mass is 299 g/mol. The second kappa shape index (κ2) is 7.25. The summed E-state index contributed by atoms with van der Waals surface area (Å²) in [6, 6.07) is 5.28. The summed E-state index contributed by atoms with van der Waals surface area (Å²) in [7, 11) is -1.49. The smallest absolute Gasteiger partial charge is 0.251 e. The van der Waals surface area contributed by atoms with Gasteiger partial charge < -0.3 is 10.6 Å². The fraction of sp³-hybridized carbons (Fsp3) is 0.462. The second-order valence-electron chi connectivity index (χ2n) is 4.35. The minimum absolute atomic E-state index is 0.0843. The first-order valence-electron chi connectivity index (χ1n) is 6.43. The maximum absolute atomic E-state index is 11.9. The summed E-state index contributed by atoms with van der Waals surface area (Å²) in [5.74, 6) is -0.400. The topological polar surface area (TPSA) is 87.3 Å². The highest BCUT2D eigenvalue weighted by atomic mass is 32.2. The lowest BCUT2D eigenvalue weighted by atomic mass is 10.1. The van der Waals surface area contributed by atoms with Gasteiger partial charge in [0.25, 0.3) is 5.91 Å². The van der Waals surface area contributed by atoms with Gasteiger partial charge in [0.15, 0.2) is 0 Å². The lowest BCUT2D eigenvalue weighted by molar-refractivity contribution is 0.0956. The van der Waals surface area contributed by atoms with Crippen molar-refractivity contribution in [1.29, 1.82) is 0 Å². The van der Waals surface area contributed by atoms with E-state index in [2.05, 4.69) is 15.4 Å². The molecule has 0 radical (unpaired) electrons. The highest BCUT2D eigenvalue weighted by molar-refractivity contribution is 7.89. The Balaban J connectivity index is 2.58. The number of anilines is 1. The zero-order valence-electron chi connectivity index (χ0n) is 12.0. The summed E-state index contributed by atoms with van der Waals surface area (Å²) in [5, 5.41) is 5.62. The Morgan fingerprint density at radius 3 is 2.55 bits per heavy atom. The highest BCUT2D eigenvalue weighted by Gasteiger charge is 2.11. The van der Waals surface area contributed by atoms with E-state index in [0.717, 1.165) is 11.3 Å². The predicted molar refractivity (Wildman–Crippen MR) is 80.5 cm³/mol. The molecule has 0 saturated carbocycles. The Labute approximate surface area is 120 Å². The van der Waals surface area contributed by atoms with Crippen molar-refractivity contribution in [1.82, 2.24) is 10.0 Å². The SMILES string of the molecule is CCNS(=O)(=O)CCNC(=O)c1ccc(NC)c(C)c1. The molecule has 3 N–H and O–H groups in total. The number of amides is 1. The fourth-order valence-electron chi connectivity index (χ4n) is 1.78. The maximum atomic E-state index is 11.9. The van der Waals surface area contributed by atoms with Gasteiger partial charge in [0, 0.05) is 31.4 Å². The molecule has 1 amide bonds. The number of aryl methyl sites for hydroxylation is 1. The molecule has 0 bridgehead atoms. The molecule has 0 aliphatic carbocycles. The van der Waals surface area contributed by atoms with E-state index in [9.17, 15) is 13.2 Å². The number of carbonyl (C=O) groups is 1.